The number of piperidine rings is 1. The molecule has 0 radical (unpaired) electrons. The highest BCUT2D eigenvalue weighted by molar-refractivity contribution is 6.33. The van der Waals surface area contributed by atoms with E-state index in [0.29, 0.717) is 18.7 Å². The van der Waals surface area contributed by atoms with Crippen molar-refractivity contribution in [2.24, 2.45) is 5.73 Å². The average molecular weight is 553 g/mol. The van der Waals surface area contributed by atoms with Gasteiger partial charge in [-0.25, -0.2) is 14.3 Å². The molecule has 38 heavy (non-hydrogen) atoms. The Kier molecular flexibility index (Phi) is 7.67. The summed E-state index contributed by atoms with van der Waals surface area (Å²) in [6.07, 6.45) is -6.82. The van der Waals surface area contributed by atoms with Crippen LogP contribution >= 0.6 is 11.6 Å². The van der Waals surface area contributed by atoms with E-state index in [-0.39, 0.29) is 35.4 Å². The van der Waals surface area contributed by atoms with Crippen molar-refractivity contribution in [3.05, 3.63) is 69.1 Å². The molecular formula is C24H24ClF3N6O4. The fourth-order valence-corrected chi connectivity index (χ4v) is 4.48. The smallest absolute Gasteiger partial charge is 0.418 e. The Hall–Kier alpha value is -4.00. The summed E-state index contributed by atoms with van der Waals surface area (Å²) in [5.74, 6) is -0.607. The molecule has 5 N–H and O–H groups in total. The predicted octanol–water partition coefficient (Wildman–Crippen LogP) is 3.36. The van der Waals surface area contributed by atoms with Crippen LogP contribution in [-0.4, -0.2) is 50.9 Å². The van der Waals surface area contributed by atoms with Gasteiger partial charge in [0.25, 0.3) is 5.91 Å². The van der Waals surface area contributed by atoms with Gasteiger partial charge in [-0.2, -0.15) is 13.2 Å². The molecule has 4 rings (SSSR count). The molecule has 2 heterocycles. The van der Waals surface area contributed by atoms with Crippen molar-refractivity contribution < 1.29 is 27.5 Å². The summed E-state index contributed by atoms with van der Waals surface area (Å²) in [7, 11) is 0. The van der Waals surface area contributed by atoms with E-state index in [9.17, 15) is 27.6 Å². The van der Waals surface area contributed by atoms with E-state index in [0.717, 1.165) is 17.7 Å². The predicted molar refractivity (Wildman–Crippen MR) is 132 cm³/mol. The van der Waals surface area contributed by atoms with E-state index in [1.807, 2.05) is 30.3 Å². The minimum Gasteiger partial charge on any atom is -0.436 e. The number of nitrogens with two attached hydrogens (primary N) is 2. The first kappa shape index (κ1) is 27.0. The monoisotopic (exact) mass is 552 g/mol. The summed E-state index contributed by atoms with van der Waals surface area (Å²) in [6, 6.07) is 10.8. The van der Waals surface area contributed by atoms with E-state index in [2.05, 4.69) is 10.1 Å². The molecule has 2 amide bonds. The zero-order valence-corrected chi connectivity index (χ0v) is 20.6. The van der Waals surface area contributed by atoms with Crippen molar-refractivity contribution in [1.82, 2.24) is 19.7 Å². The summed E-state index contributed by atoms with van der Waals surface area (Å²) in [4.78, 5) is 41.2. The molecule has 0 aliphatic carbocycles. The molecule has 1 aromatic heterocycles. The summed E-state index contributed by atoms with van der Waals surface area (Å²) < 4.78 is 46.4. The largest absolute Gasteiger partial charge is 0.436 e. The first-order valence-electron chi connectivity index (χ1n) is 11.6. The summed E-state index contributed by atoms with van der Waals surface area (Å²) in [6.45, 7) is 0.391. The van der Waals surface area contributed by atoms with E-state index in [1.165, 1.54) is 9.58 Å². The zero-order valence-electron chi connectivity index (χ0n) is 19.9. The number of benzene rings is 2. The number of rotatable bonds is 6. The maximum absolute atomic E-state index is 13.3. The molecular weight excluding hydrogens is 529 g/mol. The molecule has 2 aromatic carbocycles. The van der Waals surface area contributed by atoms with Gasteiger partial charge in [0.1, 0.15) is 0 Å². The number of likely N-dealkylation sites (tertiary alicyclic amines) is 1. The number of halogens is 4. The van der Waals surface area contributed by atoms with Crippen molar-refractivity contribution in [2.45, 2.75) is 37.6 Å². The number of anilines is 1. The van der Waals surface area contributed by atoms with Crippen LogP contribution in [0.3, 0.4) is 0 Å². The molecule has 10 nitrogen and oxygen atoms in total. The maximum Gasteiger partial charge on any atom is 0.418 e. The van der Waals surface area contributed by atoms with Crippen LogP contribution in [0.1, 0.15) is 30.0 Å². The van der Waals surface area contributed by atoms with Crippen LogP contribution in [-0.2, 0) is 22.1 Å². The first-order chi connectivity index (χ1) is 17.9. The van der Waals surface area contributed by atoms with Crippen molar-refractivity contribution in [2.75, 3.05) is 18.8 Å². The standard InChI is InChI=1S/C24H24ClF3N6O4/c25-17-11-13(10-16(19(17)29)24(26,27)28)12-18(20(30)35)38-23(37)33-8-6-15(7-9-33)34-22(36)31-21(32-34)14-4-2-1-3-5-14/h1-5,10-11,15,18H,6-9,12,29H2,(H2,30,35)(H,31,32,36)/t18-/m1/s1. The molecule has 0 bridgehead atoms. The highest BCUT2D eigenvalue weighted by atomic mass is 35.5. The molecule has 1 saturated heterocycles. The number of alkyl halides is 3. The van der Waals surface area contributed by atoms with Gasteiger partial charge in [0.15, 0.2) is 11.9 Å². The molecule has 0 saturated carbocycles. The number of H-pyrrole nitrogens is 1. The second-order valence-corrected chi connectivity index (χ2v) is 9.23. The average Bonchev–Trinajstić information content (AvgIpc) is 3.27. The lowest BCUT2D eigenvalue weighted by Gasteiger charge is -2.31. The first-order valence-corrected chi connectivity index (χ1v) is 12.0. The van der Waals surface area contributed by atoms with E-state index < -0.39 is 42.0 Å². The number of aromatic nitrogens is 3. The Morgan fingerprint density at radius 1 is 1.18 bits per heavy atom. The number of nitrogens with one attached hydrogen (secondary N) is 1. The summed E-state index contributed by atoms with van der Waals surface area (Å²) in [5, 5.41) is 4.03. The number of hydrogen-bond acceptors (Lipinski definition) is 6. The Bertz CT molecular complexity index is 1380. The van der Waals surface area contributed by atoms with Crippen molar-refractivity contribution in [1.29, 1.82) is 0 Å². The summed E-state index contributed by atoms with van der Waals surface area (Å²) in [5.41, 5.74) is 9.33. The minimum absolute atomic E-state index is 0.0287. The summed E-state index contributed by atoms with van der Waals surface area (Å²) >= 11 is 5.84. The molecule has 14 heteroatoms. The van der Waals surface area contributed by atoms with Gasteiger partial charge >= 0.3 is 18.0 Å². The molecule has 0 unspecified atom stereocenters. The Labute approximate surface area is 219 Å². The number of nitrogen functional groups attached to an aromatic ring is 1. The van der Waals surface area contributed by atoms with Crippen molar-refractivity contribution >= 4 is 29.3 Å². The van der Waals surface area contributed by atoms with Crippen molar-refractivity contribution in [3.8, 4) is 11.4 Å². The van der Waals surface area contributed by atoms with Gasteiger partial charge in [0.2, 0.25) is 0 Å². The van der Waals surface area contributed by atoms with Gasteiger partial charge in [0.05, 0.1) is 22.3 Å². The lowest BCUT2D eigenvalue weighted by atomic mass is 10.0. The highest BCUT2D eigenvalue weighted by Gasteiger charge is 2.35. The van der Waals surface area contributed by atoms with Crippen molar-refractivity contribution in [3.63, 3.8) is 0 Å². The number of carbonyl (C=O) groups is 2. The quantitative estimate of drug-likeness (QED) is 0.399. The van der Waals surface area contributed by atoms with Gasteiger partial charge < -0.3 is 21.1 Å². The molecule has 1 aliphatic rings. The number of ether oxygens (including phenoxy) is 1. The molecule has 1 aliphatic heterocycles. The molecule has 202 valence electrons. The number of nitrogens with zero attached hydrogens (tertiary/aromatic N) is 3. The molecule has 3 aromatic rings. The second kappa shape index (κ2) is 10.8. The Balaban J connectivity index is 1.40. The van der Waals surface area contributed by atoms with Gasteiger partial charge in [-0.15, -0.1) is 5.10 Å². The fraction of sp³-hybridized carbons (Fsp3) is 0.333. The van der Waals surface area contributed by atoms with Crippen LogP contribution in [0.25, 0.3) is 11.4 Å². The van der Waals surface area contributed by atoms with E-state index in [1.54, 1.807) is 0 Å². The molecule has 0 spiro atoms. The second-order valence-electron chi connectivity index (χ2n) is 8.82. The zero-order chi connectivity index (χ0) is 27.6. The van der Waals surface area contributed by atoms with Crippen LogP contribution in [0.15, 0.2) is 47.3 Å². The fourth-order valence-electron chi connectivity index (χ4n) is 4.24. The van der Waals surface area contributed by atoms with Gasteiger partial charge in [-0.05, 0) is 30.5 Å². The normalized spacial score (nSPS) is 15.3. The lowest BCUT2D eigenvalue weighted by Crippen LogP contribution is -2.44. The number of carbonyl (C=O) groups excluding carboxylic acids is 2. The van der Waals surface area contributed by atoms with Gasteiger partial charge in [0, 0.05) is 25.1 Å². The van der Waals surface area contributed by atoms with Crippen LogP contribution in [0.2, 0.25) is 5.02 Å². The number of aromatic amines is 1. The van der Waals surface area contributed by atoms with E-state index in [4.69, 9.17) is 27.8 Å². The van der Waals surface area contributed by atoms with Crippen LogP contribution in [0, 0.1) is 0 Å². The van der Waals surface area contributed by atoms with Crippen LogP contribution in [0.4, 0.5) is 23.7 Å². The third-order valence-electron chi connectivity index (χ3n) is 6.23. The highest BCUT2D eigenvalue weighted by Crippen LogP contribution is 2.38. The van der Waals surface area contributed by atoms with E-state index >= 15 is 0 Å². The van der Waals surface area contributed by atoms with Gasteiger partial charge in [-0.3, -0.25) is 9.78 Å². The molecule has 1 atom stereocenters. The lowest BCUT2D eigenvalue weighted by molar-refractivity contribution is -0.137. The third kappa shape index (κ3) is 5.93. The van der Waals surface area contributed by atoms with Gasteiger partial charge in [-0.1, -0.05) is 41.9 Å². The number of amides is 2. The Morgan fingerprint density at radius 3 is 2.45 bits per heavy atom. The minimum atomic E-state index is -4.77. The SMILES string of the molecule is NC(=O)[C@@H](Cc1cc(Cl)c(N)c(C(F)(F)F)c1)OC(=O)N1CCC(n2nc(-c3ccccc3)[nH]c2=O)CC1. The topological polar surface area (TPSA) is 149 Å². The number of hydrogen-bond donors (Lipinski definition) is 3. The van der Waals surface area contributed by atoms with Crippen LogP contribution in [0.5, 0.6) is 0 Å². The third-order valence-corrected chi connectivity index (χ3v) is 6.55. The number of primary amides is 1. The molecule has 1 fully saturated rings. The maximum atomic E-state index is 13.3. The van der Waals surface area contributed by atoms with Crippen LogP contribution < -0.4 is 17.2 Å². The Morgan fingerprint density at radius 2 is 1.84 bits per heavy atom.